The molecule has 2 aromatic rings. The minimum Gasteiger partial charge on any atom is -0.294 e. The van der Waals surface area contributed by atoms with Gasteiger partial charge in [-0.05, 0) is 18.1 Å². The Labute approximate surface area is 101 Å². The molecule has 0 N–H and O–H groups in total. The number of hydrogen-bond acceptors (Lipinski definition) is 3. The zero-order valence-electron chi connectivity index (χ0n) is 9.76. The summed E-state index contributed by atoms with van der Waals surface area (Å²) in [5, 5.41) is 0. The monoisotopic (exact) mass is 226 g/mol. The van der Waals surface area contributed by atoms with E-state index in [4.69, 9.17) is 0 Å². The van der Waals surface area contributed by atoms with Crippen molar-refractivity contribution in [2.45, 2.75) is 19.8 Å². The average Bonchev–Trinajstić information content (AvgIpc) is 2.40. The maximum absolute atomic E-state index is 10.6. The number of carbonyl (C=O) groups excluding carboxylic acids is 1. The minimum atomic E-state index is 0.222. The Balaban J connectivity index is 2.29. The molecule has 0 bridgehead atoms. The van der Waals surface area contributed by atoms with Crippen molar-refractivity contribution in [2.75, 3.05) is 0 Å². The standard InChI is InChI=1S/C14H14N2O/c1-2-3-11-4-6-12(7-5-11)13-8-9-15-14(10-17)16-13/h4-10H,2-3H2,1H3. The average molecular weight is 226 g/mol. The van der Waals surface area contributed by atoms with Crippen LogP contribution >= 0.6 is 0 Å². The fourth-order valence-electron chi connectivity index (χ4n) is 1.72. The van der Waals surface area contributed by atoms with Crippen LogP contribution in [0, 0.1) is 0 Å². The van der Waals surface area contributed by atoms with Gasteiger partial charge < -0.3 is 0 Å². The quantitative estimate of drug-likeness (QED) is 0.753. The van der Waals surface area contributed by atoms with Gasteiger partial charge in [0.15, 0.2) is 12.1 Å². The molecule has 1 aromatic carbocycles. The normalized spacial score (nSPS) is 10.2. The van der Waals surface area contributed by atoms with E-state index in [1.165, 1.54) is 5.56 Å². The lowest BCUT2D eigenvalue weighted by Gasteiger charge is -2.03. The van der Waals surface area contributed by atoms with Gasteiger partial charge in [-0.3, -0.25) is 4.79 Å². The predicted molar refractivity (Wildman–Crippen MR) is 66.9 cm³/mol. The van der Waals surface area contributed by atoms with Gasteiger partial charge in [0.05, 0.1) is 5.69 Å². The second kappa shape index (κ2) is 5.34. The molecule has 0 saturated carbocycles. The summed E-state index contributed by atoms with van der Waals surface area (Å²) >= 11 is 0. The summed E-state index contributed by atoms with van der Waals surface area (Å²) in [5.41, 5.74) is 3.11. The molecule has 3 nitrogen and oxygen atoms in total. The highest BCUT2D eigenvalue weighted by molar-refractivity contribution is 5.70. The van der Waals surface area contributed by atoms with Crippen LogP contribution in [0.3, 0.4) is 0 Å². The van der Waals surface area contributed by atoms with Gasteiger partial charge in [0.2, 0.25) is 0 Å². The van der Waals surface area contributed by atoms with Crippen LogP contribution in [0.15, 0.2) is 36.5 Å². The molecule has 1 heterocycles. The van der Waals surface area contributed by atoms with Crippen LogP contribution < -0.4 is 0 Å². The van der Waals surface area contributed by atoms with Crippen LogP contribution in [0.25, 0.3) is 11.3 Å². The van der Waals surface area contributed by atoms with E-state index in [1.54, 1.807) is 6.20 Å². The van der Waals surface area contributed by atoms with Crippen LogP contribution in [0.5, 0.6) is 0 Å². The summed E-state index contributed by atoms with van der Waals surface area (Å²) in [6.45, 7) is 2.16. The number of hydrogen-bond donors (Lipinski definition) is 0. The van der Waals surface area contributed by atoms with Gasteiger partial charge in [-0.2, -0.15) is 0 Å². The van der Waals surface area contributed by atoms with Crippen molar-refractivity contribution < 1.29 is 4.79 Å². The summed E-state index contributed by atoms with van der Waals surface area (Å²) in [4.78, 5) is 18.6. The van der Waals surface area contributed by atoms with Crippen LogP contribution in [0.4, 0.5) is 0 Å². The molecule has 2 rings (SSSR count). The summed E-state index contributed by atoms with van der Waals surface area (Å²) < 4.78 is 0. The molecule has 0 aliphatic carbocycles. The summed E-state index contributed by atoms with van der Waals surface area (Å²) in [5.74, 6) is 0.222. The third kappa shape index (κ3) is 2.75. The molecule has 3 heteroatoms. The maximum atomic E-state index is 10.6. The molecule has 0 saturated heterocycles. The van der Waals surface area contributed by atoms with Crippen LogP contribution in [0.2, 0.25) is 0 Å². The van der Waals surface area contributed by atoms with Crippen LogP contribution in [-0.4, -0.2) is 16.3 Å². The molecule has 86 valence electrons. The van der Waals surface area contributed by atoms with Gasteiger partial charge in [0.25, 0.3) is 0 Å². The van der Waals surface area contributed by atoms with Gasteiger partial charge in [0.1, 0.15) is 0 Å². The van der Waals surface area contributed by atoms with Crippen molar-refractivity contribution >= 4 is 6.29 Å². The summed E-state index contributed by atoms with van der Waals surface area (Å²) in [6, 6.07) is 10.1. The van der Waals surface area contributed by atoms with Crippen LogP contribution in [0.1, 0.15) is 29.5 Å². The molecule has 0 aliphatic rings. The Morgan fingerprint density at radius 2 is 1.94 bits per heavy atom. The lowest BCUT2D eigenvalue weighted by molar-refractivity contribution is 0.111. The lowest BCUT2D eigenvalue weighted by Crippen LogP contribution is -1.94. The van der Waals surface area contributed by atoms with E-state index >= 15 is 0 Å². The first-order valence-electron chi connectivity index (χ1n) is 5.71. The highest BCUT2D eigenvalue weighted by Gasteiger charge is 2.01. The fraction of sp³-hybridized carbons (Fsp3) is 0.214. The third-order valence-corrected chi connectivity index (χ3v) is 2.57. The smallest absolute Gasteiger partial charge is 0.193 e. The number of aromatic nitrogens is 2. The first kappa shape index (κ1) is 11.5. The lowest BCUT2D eigenvalue weighted by atomic mass is 10.1. The van der Waals surface area contributed by atoms with Gasteiger partial charge in [-0.25, -0.2) is 9.97 Å². The van der Waals surface area contributed by atoms with Gasteiger partial charge >= 0.3 is 0 Å². The molecular weight excluding hydrogens is 212 g/mol. The van der Waals surface area contributed by atoms with E-state index < -0.39 is 0 Å². The van der Waals surface area contributed by atoms with Gasteiger partial charge in [-0.15, -0.1) is 0 Å². The highest BCUT2D eigenvalue weighted by Crippen LogP contribution is 2.17. The van der Waals surface area contributed by atoms with Crippen molar-refractivity contribution in [3.63, 3.8) is 0 Å². The number of aldehydes is 1. The second-order valence-electron chi connectivity index (χ2n) is 3.86. The molecule has 1 aromatic heterocycles. The molecular formula is C14H14N2O. The molecule has 0 fully saturated rings. The van der Waals surface area contributed by atoms with Crippen molar-refractivity contribution in [3.05, 3.63) is 47.9 Å². The Morgan fingerprint density at radius 3 is 2.59 bits per heavy atom. The molecule has 0 aliphatic heterocycles. The Morgan fingerprint density at radius 1 is 1.18 bits per heavy atom. The predicted octanol–water partition coefficient (Wildman–Crippen LogP) is 2.91. The van der Waals surface area contributed by atoms with E-state index in [0.29, 0.717) is 6.29 Å². The van der Waals surface area contributed by atoms with Gasteiger partial charge in [0, 0.05) is 11.8 Å². The highest BCUT2D eigenvalue weighted by atomic mass is 16.1. The van der Waals surface area contributed by atoms with Crippen molar-refractivity contribution in [1.82, 2.24) is 9.97 Å². The van der Waals surface area contributed by atoms with E-state index in [9.17, 15) is 4.79 Å². The second-order valence-corrected chi connectivity index (χ2v) is 3.86. The number of rotatable bonds is 4. The molecule has 0 radical (unpaired) electrons. The summed E-state index contributed by atoms with van der Waals surface area (Å²) in [6.07, 6.45) is 4.49. The number of carbonyl (C=O) groups is 1. The van der Waals surface area contributed by atoms with Crippen molar-refractivity contribution in [1.29, 1.82) is 0 Å². The van der Waals surface area contributed by atoms with E-state index in [1.807, 2.05) is 18.2 Å². The van der Waals surface area contributed by atoms with Crippen molar-refractivity contribution in [3.8, 4) is 11.3 Å². The summed E-state index contributed by atoms with van der Waals surface area (Å²) in [7, 11) is 0. The number of aryl methyl sites for hydroxylation is 1. The molecule has 0 amide bonds. The van der Waals surface area contributed by atoms with Gasteiger partial charge in [-0.1, -0.05) is 37.6 Å². The topological polar surface area (TPSA) is 42.9 Å². The van der Waals surface area contributed by atoms with Crippen LogP contribution in [-0.2, 0) is 6.42 Å². The Hall–Kier alpha value is -2.03. The van der Waals surface area contributed by atoms with Crippen molar-refractivity contribution in [2.24, 2.45) is 0 Å². The number of nitrogens with zero attached hydrogens (tertiary/aromatic N) is 2. The Bertz CT molecular complexity index is 506. The molecule has 0 spiro atoms. The molecule has 0 atom stereocenters. The Kier molecular flexibility index (Phi) is 3.60. The third-order valence-electron chi connectivity index (χ3n) is 2.57. The largest absolute Gasteiger partial charge is 0.294 e. The maximum Gasteiger partial charge on any atom is 0.193 e. The first-order valence-corrected chi connectivity index (χ1v) is 5.71. The zero-order chi connectivity index (χ0) is 12.1. The van der Waals surface area contributed by atoms with E-state index in [-0.39, 0.29) is 5.82 Å². The zero-order valence-corrected chi connectivity index (χ0v) is 9.76. The minimum absolute atomic E-state index is 0.222. The number of benzene rings is 1. The van der Waals surface area contributed by atoms with E-state index in [2.05, 4.69) is 29.0 Å². The first-order chi connectivity index (χ1) is 8.33. The molecule has 0 unspecified atom stereocenters. The molecule has 17 heavy (non-hydrogen) atoms. The SMILES string of the molecule is CCCc1ccc(-c2ccnc(C=O)n2)cc1. The van der Waals surface area contributed by atoms with E-state index in [0.717, 1.165) is 24.1 Å². The fourth-order valence-corrected chi connectivity index (χ4v) is 1.72.